The van der Waals surface area contributed by atoms with E-state index in [4.69, 9.17) is 22.1 Å². The molecule has 0 aliphatic carbocycles. The molecule has 2 rings (SSSR count). The largest absolute Gasteiger partial charge is 0.481 e. The van der Waals surface area contributed by atoms with Gasteiger partial charge in [-0.3, -0.25) is 0 Å². The summed E-state index contributed by atoms with van der Waals surface area (Å²) < 4.78 is 7.35. The lowest BCUT2D eigenvalue weighted by atomic mass is 10.1. The highest BCUT2D eigenvalue weighted by molar-refractivity contribution is 6.32. The third kappa shape index (κ3) is 2.81. The number of rotatable bonds is 6. The molecule has 0 amide bonds. The summed E-state index contributed by atoms with van der Waals surface area (Å²) in [4.78, 5) is 0. The van der Waals surface area contributed by atoms with E-state index in [0.717, 1.165) is 42.1 Å². The zero-order valence-electron chi connectivity index (χ0n) is 11.9. The Hall–Kier alpha value is -1.52. The maximum absolute atomic E-state index is 6.26. The van der Waals surface area contributed by atoms with Crippen LogP contribution in [-0.2, 0) is 12.8 Å². The average Bonchev–Trinajstić information content (AvgIpc) is 2.83. The molecule has 0 aliphatic heterocycles. The highest BCUT2D eigenvalue weighted by Crippen LogP contribution is 2.30. The summed E-state index contributed by atoms with van der Waals surface area (Å²) in [6.07, 6.45) is 2.64. The average molecular weight is 294 g/mol. The van der Waals surface area contributed by atoms with E-state index in [9.17, 15) is 0 Å². The Morgan fingerprint density at radius 2 is 2.10 bits per heavy atom. The molecule has 4 nitrogen and oxygen atoms in total. The number of methoxy groups -OCH3 is 1. The van der Waals surface area contributed by atoms with E-state index >= 15 is 0 Å². The van der Waals surface area contributed by atoms with Gasteiger partial charge in [0.2, 0.25) is 5.88 Å². The Morgan fingerprint density at radius 1 is 1.35 bits per heavy atom. The van der Waals surface area contributed by atoms with Gasteiger partial charge < -0.3 is 10.5 Å². The van der Waals surface area contributed by atoms with Crippen LogP contribution in [0, 0.1) is 0 Å². The van der Waals surface area contributed by atoms with E-state index < -0.39 is 0 Å². The molecule has 2 aromatic rings. The molecule has 1 aromatic carbocycles. The van der Waals surface area contributed by atoms with E-state index in [1.807, 2.05) is 24.3 Å². The fourth-order valence-corrected chi connectivity index (χ4v) is 2.50. The molecule has 0 spiro atoms. The van der Waals surface area contributed by atoms with Crippen LogP contribution in [0.3, 0.4) is 0 Å². The Balaban J connectivity index is 2.53. The van der Waals surface area contributed by atoms with Crippen molar-refractivity contribution in [1.29, 1.82) is 0 Å². The summed E-state index contributed by atoms with van der Waals surface area (Å²) in [5, 5.41) is 5.30. The summed E-state index contributed by atoms with van der Waals surface area (Å²) in [7, 11) is 1.66. The number of aromatic nitrogens is 2. The van der Waals surface area contributed by atoms with Crippen molar-refractivity contribution in [3.05, 3.63) is 40.5 Å². The van der Waals surface area contributed by atoms with Crippen LogP contribution in [0.5, 0.6) is 5.88 Å². The van der Waals surface area contributed by atoms with Gasteiger partial charge in [0.25, 0.3) is 0 Å². The molecule has 2 N–H and O–H groups in total. The fraction of sp³-hybridized carbons (Fsp3) is 0.400. The van der Waals surface area contributed by atoms with Gasteiger partial charge >= 0.3 is 0 Å². The van der Waals surface area contributed by atoms with Gasteiger partial charge in [0.15, 0.2) is 0 Å². The molecule has 108 valence electrons. The lowest BCUT2D eigenvalue weighted by molar-refractivity contribution is 0.379. The smallest absolute Gasteiger partial charge is 0.219 e. The van der Waals surface area contributed by atoms with Crippen LogP contribution in [0.4, 0.5) is 0 Å². The first-order chi connectivity index (χ1) is 9.72. The van der Waals surface area contributed by atoms with Crippen LogP contribution >= 0.6 is 11.6 Å². The first-order valence-electron chi connectivity index (χ1n) is 6.82. The van der Waals surface area contributed by atoms with Gasteiger partial charge in [0.1, 0.15) is 0 Å². The predicted molar refractivity (Wildman–Crippen MR) is 81.9 cm³/mol. The van der Waals surface area contributed by atoms with Gasteiger partial charge in [0, 0.05) is 5.56 Å². The van der Waals surface area contributed by atoms with E-state index in [1.165, 1.54) is 0 Å². The third-order valence-electron chi connectivity index (χ3n) is 3.26. The molecule has 0 unspecified atom stereocenters. The fourth-order valence-electron chi connectivity index (χ4n) is 2.29. The van der Waals surface area contributed by atoms with E-state index in [0.29, 0.717) is 11.6 Å². The lowest BCUT2D eigenvalue weighted by Crippen LogP contribution is -2.03. The monoisotopic (exact) mass is 293 g/mol. The minimum atomic E-state index is 0.654. The van der Waals surface area contributed by atoms with E-state index in [-0.39, 0.29) is 0 Å². The SMILES string of the molecule is CCc1nn(-c2ccccc2Cl)c(OC)c1CCCN. The molecule has 0 radical (unpaired) electrons. The number of nitrogens with two attached hydrogens (primary N) is 1. The highest BCUT2D eigenvalue weighted by Gasteiger charge is 2.19. The van der Waals surface area contributed by atoms with E-state index in [2.05, 4.69) is 12.0 Å². The Morgan fingerprint density at radius 3 is 2.70 bits per heavy atom. The number of hydrogen-bond acceptors (Lipinski definition) is 3. The van der Waals surface area contributed by atoms with Crippen LogP contribution < -0.4 is 10.5 Å². The maximum atomic E-state index is 6.26. The van der Waals surface area contributed by atoms with Gasteiger partial charge in [-0.25, -0.2) is 0 Å². The molecular weight excluding hydrogens is 274 g/mol. The van der Waals surface area contributed by atoms with Crippen LogP contribution in [0.15, 0.2) is 24.3 Å². The van der Waals surface area contributed by atoms with Crippen LogP contribution in [0.2, 0.25) is 5.02 Å². The Bertz CT molecular complexity index is 580. The number of benzene rings is 1. The summed E-state index contributed by atoms with van der Waals surface area (Å²) in [5.74, 6) is 0.753. The normalized spacial score (nSPS) is 10.8. The molecule has 20 heavy (non-hydrogen) atoms. The van der Waals surface area contributed by atoms with Crippen molar-refractivity contribution in [3.8, 4) is 11.6 Å². The minimum Gasteiger partial charge on any atom is -0.481 e. The molecule has 0 aliphatic rings. The van der Waals surface area contributed by atoms with Crippen molar-refractivity contribution in [2.24, 2.45) is 5.73 Å². The highest BCUT2D eigenvalue weighted by atomic mass is 35.5. The van der Waals surface area contributed by atoms with Crippen molar-refractivity contribution < 1.29 is 4.74 Å². The van der Waals surface area contributed by atoms with Crippen molar-refractivity contribution in [3.63, 3.8) is 0 Å². The molecule has 1 heterocycles. The second kappa shape index (κ2) is 6.77. The van der Waals surface area contributed by atoms with Crippen LogP contribution in [0.1, 0.15) is 24.6 Å². The van der Waals surface area contributed by atoms with Gasteiger partial charge in [-0.1, -0.05) is 30.7 Å². The predicted octanol–water partition coefficient (Wildman–Crippen LogP) is 2.99. The molecule has 5 heteroatoms. The standard InChI is InChI=1S/C15H20ClN3O/c1-3-13-11(7-6-10-17)15(20-2)19(18-13)14-9-5-4-8-12(14)16/h4-5,8-9H,3,6-7,10,17H2,1-2H3. The van der Waals surface area contributed by atoms with Crippen LogP contribution in [0.25, 0.3) is 5.69 Å². The second-order valence-electron chi connectivity index (χ2n) is 4.54. The number of para-hydroxylation sites is 1. The molecule has 0 atom stereocenters. The molecule has 1 aromatic heterocycles. The van der Waals surface area contributed by atoms with Crippen molar-refractivity contribution >= 4 is 11.6 Å². The number of ether oxygens (including phenoxy) is 1. The van der Waals surface area contributed by atoms with Gasteiger partial charge in [-0.05, 0) is 37.9 Å². The summed E-state index contributed by atoms with van der Waals surface area (Å²) >= 11 is 6.26. The summed E-state index contributed by atoms with van der Waals surface area (Å²) in [6.45, 7) is 2.74. The zero-order chi connectivity index (χ0) is 14.5. The van der Waals surface area contributed by atoms with Gasteiger partial charge in [-0.2, -0.15) is 9.78 Å². The first kappa shape index (κ1) is 14.9. The first-order valence-corrected chi connectivity index (χ1v) is 7.20. The zero-order valence-corrected chi connectivity index (χ0v) is 12.7. The molecular formula is C15H20ClN3O. The van der Waals surface area contributed by atoms with Crippen LogP contribution in [-0.4, -0.2) is 23.4 Å². The topological polar surface area (TPSA) is 53.1 Å². The Kier molecular flexibility index (Phi) is 5.04. The number of aryl methyl sites for hydroxylation is 1. The van der Waals surface area contributed by atoms with Gasteiger partial charge in [0.05, 0.1) is 23.5 Å². The van der Waals surface area contributed by atoms with Gasteiger partial charge in [-0.15, -0.1) is 0 Å². The number of halogens is 1. The van der Waals surface area contributed by atoms with Crippen molar-refractivity contribution in [1.82, 2.24) is 9.78 Å². The third-order valence-corrected chi connectivity index (χ3v) is 3.58. The number of nitrogens with zero attached hydrogens (tertiary/aromatic N) is 2. The second-order valence-corrected chi connectivity index (χ2v) is 4.95. The lowest BCUT2D eigenvalue weighted by Gasteiger charge is -2.09. The quantitative estimate of drug-likeness (QED) is 0.891. The molecule has 0 saturated heterocycles. The molecule has 0 bridgehead atoms. The Labute approximate surface area is 124 Å². The van der Waals surface area contributed by atoms with Crippen molar-refractivity contribution in [2.75, 3.05) is 13.7 Å². The molecule has 0 saturated carbocycles. The minimum absolute atomic E-state index is 0.654. The van der Waals surface area contributed by atoms with E-state index in [1.54, 1.807) is 11.8 Å². The summed E-state index contributed by atoms with van der Waals surface area (Å²) in [6, 6.07) is 7.62. The maximum Gasteiger partial charge on any atom is 0.219 e. The molecule has 0 fully saturated rings. The number of hydrogen-bond donors (Lipinski definition) is 1. The van der Waals surface area contributed by atoms with Crippen molar-refractivity contribution in [2.45, 2.75) is 26.2 Å². The summed E-state index contributed by atoms with van der Waals surface area (Å²) in [5.41, 5.74) is 8.61.